The second-order valence-electron chi connectivity index (χ2n) is 5.41. The number of ether oxygens (including phenoxy) is 1. The number of hydrogen-bond acceptors (Lipinski definition) is 4. The lowest BCUT2D eigenvalue weighted by atomic mass is 10.1. The van der Waals surface area contributed by atoms with Crippen molar-refractivity contribution in [3.8, 4) is 0 Å². The third-order valence-corrected chi connectivity index (χ3v) is 2.95. The minimum atomic E-state index is -0.162. The first-order chi connectivity index (χ1) is 10.1. The van der Waals surface area contributed by atoms with Crippen LogP contribution in [0.1, 0.15) is 44.1 Å². The maximum absolute atomic E-state index is 11.9. The number of aromatic nitrogens is 1. The van der Waals surface area contributed by atoms with Crippen molar-refractivity contribution in [1.82, 2.24) is 10.3 Å². The van der Waals surface area contributed by atoms with Gasteiger partial charge in [0.1, 0.15) is 5.69 Å². The summed E-state index contributed by atoms with van der Waals surface area (Å²) in [6, 6.07) is 3.60. The lowest BCUT2D eigenvalue weighted by molar-refractivity contribution is 0.0901. The molecule has 21 heavy (non-hydrogen) atoms. The van der Waals surface area contributed by atoms with Gasteiger partial charge < -0.3 is 15.4 Å². The second-order valence-corrected chi connectivity index (χ2v) is 5.41. The summed E-state index contributed by atoms with van der Waals surface area (Å²) < 4.78 is 5.45. The van der Waals surface area contributed by atoms with E-state index in [1.807, 2.05) is 6.07 Å². The quantitative estimate of drug-likeness (QED) is 0.651. The predicted octanol–water partition coefficient (Wildman–Crippen LogP) is 2.70. The highest BCUT2D eigenvalue weighted by Gasteiger charge is 2.06. The van der Waals surface area contributed by atoms with Gasteiger partial charge in [-0.05, 0) is 30.9 Å². The first kappa shape index (κ1) is 17.4. The fourth-order valence-corrected chi connectivity index (χ4v) is 1.65. The van der Waals surface area contributed by atoms with Crippen molar-refractivity contribution in [3.63, 3.8) is 0 Å². The summed E-state index contributed by atoms with van der Waals surface area (Å²) in [7, 11) is 0. The van der Waals surface area contributed by atoms with Gasteiger partial charge in [0.25, 0.3) is 5.91 Å². The molecular weight excluding hydrogens is 266 g/mol. The van der Waals surface area contributed by atoms with Crippen molar-refractivity contribution in [2.24, 2.45) is 5.92 Å². The number of amides is 1. The first-order valence-corrected chi connectivity index (χ1v) is 7.69. The van der Waals surface area contributed by atoms with Gasteiger partial charge in [-0.25, -0.2) is 4.98 Å². The van der Waals surface area contributed by atoms with E-state index in [4.69, 9.17) is 4.74 Å². The Morgan fingerprint density at radius 3 is 2.71 bits per heavy atom. The lowest BCUT2D eigenvalue weighted by Crippen LogP contribution is -2.28. The zero-order valence-corrected chi connectivity index (χ0v) is 13.3. The van der Waals surface area contributed by atoms with Crippen molar-refractivity contribution in [2.45, 2.75) is 33.6 Å². The summed E-state index contributed by atoms with van der Waals surface area (Å²) in [5.41, 5.74) is 1.37. The van der Waals surface area contributed by atoms with Crippen LogP contribution in [0.2, 0.25) is 0 Å². The highest BCUT2D eigenvalue weighted by molar-refractivity contribution is 5.92. The van der Waals surface area contributed by atoms with Crippen molar-refractivity contribution in [1.29, 1.82) is 0 Å². The number of hydrogen-bond donors (Lipinski definition) is 2. The molecule has 5 heteroatoms. The number of carbonyl (C=O) groups excluding carboxylic acids is 1. The monoisotopic (exact) mass is 293 g/mol. The van der Waals surface area contributed by atoms with Crippen LogP contribution in [0.3, 0.4) is 0 Å². The minimum Gasteiger partial charge on any atom is -0.384 e. The number of anilines is 1. The molecule has 0 unspecified atom stereocenters. The highest BCUT2D eigenvalue weighted by Crippen LogP contribution is 2.06. The van der Waals surface area contributed by atoms with Gasteiger partial charge in [0, 0.05) is 19.7 Å². The summed E-state index contributed by atoms with van der Waals surface area (Å²) in [6.45, 7) is 9.12. The molecule has 0 radical (unpaired) electrons. The molecule has 0 fully saturated rings. The summed E-state index contributed by atoms with van der Waals surface area (Å²) in [5.74, 6) is 0.480. The third-order valence-electron chi connectivity index (χ3n) is 2.95. The Balaban J connectivity index is 2.22. The van der Waals surface area contributed by atoms with E-state index in [1.54, 1.807) is 12.3 Å². The minimum absolute atomic E-state index is 0.162. The van der Waals surface area contributed by atoms with Gasteiger partial charge in [0.05, 0.1) is 18.5 Å². The molecule has 1 amide bonds. The van der Waals surface area contributed by atoms with Gasteiger partial charge in [0.15, 0.2) is 0 Å². The Hall–Kier alpha value is -1.62. The molecule has 0 aromatic carbocycles. The van der Waals surface area contributed by atoms with Gasteiger partial charge in [-0.3, -0.25) is 4.79 Å². The molecule has 0 aliphatic rings. The Morgan fingerprint density at radius 2 is 2.10 bits per heavy atom. The third kappa shape index (κ3) is 7.66. The molecule has 0 saturated carbocycles. The fraction of sp³-hybridized carbons (Fsp3) is 0.625. The summed E-state index contributed by atoms with van der Waals surface area (Å²) in [6.07, 6.45) is 3.78. The summed E-state index contributed by atoms with van der Waals surface area (Å²) >= 11 is 0. The molecule has 5 nitrogen and oxygen atoms in total. The first-order valence-electron chi connectivity index (χ1n) is 7.69. The standard InChI is InChI=1S/C16H27N3O2/c1-4-8-17-14-5-6-15(19-12-14)16(20)18-9-11-21-10-7-13(2)3/h5-6,12-13,17H,4,7-11H2,1-3H3,(H,18,20). The van der Waals surface area contributed by atoms with Crippen LogP contribution < -0.4 is 10.6 Å². The molecule has 1 heterocycles. The normalized spacial score (nSPS) is 10.7. The Morgan fingerprint density at radius 1 is 1.29 bits per heavy atom. The Bertz CT molecular complexity index is 404. The SMILES string of the molecule is CCCNc1ccc(C(=O)NCCOCCC(C)C)nc1. The van der Waals surface area contributed by atoms with Crippen LogP contribution in [0, 0.1) is 5.92 Å². The molecule has 0 spiro atoms. The van der Waals surface area contributed by atoms with E-state index in [0.717, 1.165) is 31.7 Å². The van der Waals surface area contributed by atoms with Crippen LogP contribution in [0.5, 0.6) is 0 Å². The molecule has 1 rings (SSSR count). The number of pyridine rings is 1. The maximum Gasteiger partial charge on any atom is 0.269 e. The van der Waals surface area contributed by atoms with Crippen LogP contribution in [-0.4, -0.2) is 37.2 Å². The molecule has 1 aromatic rings. The molecular formula is C16H27N3O2. The molecule has 0 atom stereocenters. The van der Waals surface area contributed by atoms with Crippen LogP contribution >= 0.6 is 0 Å². The number of carbonyl (C=O) groups is 1. The summed E-state index contributed by atoms with van der Waals surface area (Å²) in [4.78, 5) is 16.0. The number of rotatable bonds is 10. The van der Waals surface area contributed by atoms with Crippen LogP contribution in [-0.2, 0) is 4.74 Å². The van der Waals surface area contributed by atoms with Gasteiger partial charge in [-0.15, -0.1) is 0 Å². The van der Waals surface area contributed by atoms with Crippen molar-refractivity contribution in [2.75, 3.05) is 31.6 Å². The molecule has 1 aromatic heterocycles. The van der Waals surface area contributed by atoms with Gasteiger partial charge >= 0.3 is 0 Å². The average molecular weight is 293 g/mol. The topological polar surface area (TPSA) is 63.2 Å². The molecule has 2 N–H and O–H groups in total. The Kier molecular flexibility index (Phi) is 8.43. The van der Waals surface area contributed by atoms with Gasteiger partial charge in [0.2, 0.25) is 0 Å². The zero-order valence-electron chi connectivity index (χ0n) is 13.3. The van der Waals surface area contributed by atoms with E-state index in [0.29, 0.717) is 24.8 Å². The van der Waals surface area contributed by atoms with Gasteiger partial charge in [-0.2, -0.15) is 0 Å². The molecule has 118 valence electrons. The van der Waals surface area contributed by atoms with E-state index in [-0.39, 0.29) is 5.91 Å². The van der Waals surface area contributed by atoms with Crippen molar-refractivity contribution >= 4 is 11.6 Å². The van der Waals surface area contributed by atoms with E-state index >= 15 is 0 Å². The molecule has 0 bridgehead atoms. The van der Waals surface area contributed by atoms with Crippen LogP contribution in [0.15, 0.2) is 18.3 Å². The Labute approximate surface area is 127 Å². The van der Waals surface area contributed by atoms with E-state index in [9.17, 15) is 4.79 Å². The van der Waals surface area contributed by atoms with E-state index in [1.165, 1.54) is 0 Å². The van der Waals surface area contributed by atoms with Crippen LogP contribution in [0.25, 0.3) is 0 Å². The average Bonchev–Trinajstić information content (AvgIpc) is 2.48. The fourth-order valence-electron chi connectivity index (χ4n) is 1.65. The predicted molar refractivity (Wildman–Crippen MR) is 85.6 cm³/mol. The number of nitrogens with zero attached hydrogens (tertiary/aromatic N) is 1. The van der Waals surface area contributed by atoms with E-state index in [2.05, 4.69) is 36.4 Å². The molecule has 0 aliphatic carbocycles. The molecule has 0 aliphatic heterocycles. The largest absolute Gasteiger partial charge is 0.384 e. The van der Waals surface area contributed by atoms with Gasteiger partial charge in [-0.1, -0.05) is 20.8 Å². The van der Waals surface area contributed by atoms with Crippen molar-refractivity contribution in [3.05, 3.63) is 24.0 Å². The van der Waals surface area contributed by atoms with Crippen LogP contribution in [0.4, 0.5) is 5.69 Å². The summed E-state index contributed by atoms with van der Waals surface area (Å²) in [5, 5.41) is 6.02. The number of nitrogens with one attached hydrogen (secondary N) is 2. The maximum atomic E-state index is 11.9. The lowest BCUT2D eigenvalue weighted by Gasteiger charge is -2.08. The molecule has 0 saturated heterocycles. The van der Waals surface area contributed by atoms with Crippen molar-refractivity contribution < 1.29 is 9.53 Å². The highest BCUT2D eigenvalue weighted by atomic mass is 16.5. The van der Waals surface area contributed by atoms with E-state index < -0.39 is 0 Å². The zero-order chi connectivity index (χ0) is 15.5. The second kappa shape index (κ2) is 10.2. The smallest absolute Gasteiger partial charge is 0.269 e.